The molecule has 1 aromatic rings. The molecule has 0 unspecified atom stereocenters. The monoisotopic (exact) mass is 178 g/mol. The molecule has 12 heavy (non-hydrogen) atoms. The van der Waals surface area contributed by atoms with E-state index in [1.54, 1.807) is 0 Å². The molecule has 0 bridgehead atoms. The van der Waals surface area contributed by atoms with Gasteiger partial charge in [-0.3, -0.25) is 0 Å². The third-order valence-corrected chi connectivity index (χ3v) is 3.31. The summed E-state index contributed by atoms with van der Waals surface area (Å²) in [6.07, 6.45) is 0. The zero-order chi connectivity index (χ0) is 9.46. The van der Waals surface area contributed by atoms with Gasteiger partial charge in [0.15, 0.2) is 0 Å². The molecule has 0 nitrogen and oxygen atoms in total. The van der Waals surface area contributed by atoms with Crippen molar-refractivity contribution in [1.29, 1.82) is 0 Å². The highest BCUT2D eigenvalue weighted by atomic mass is 32.1. The fourth-order valence-electron chi connectivity index (χ4n) is 1.32. The van der Waals surface area contributed by atoms with Crippen LogP contribution >= 0.6 is 12.6 Å². The van der Waals surface area contributed by atoms with Crippen LogP contribution in [0.15, 0.2) is 4.90 Å². The molecular formula is C11H14S. The van der Waals surface area contributed by atoms with Crippen LogP contribution in [0.2, 0.25) is 0 Å². The van der Waals surface area contributed by atoms with Gasteiger partial charge in [0.25, 0.3) is 0 Å². The molecule has 0 amide bonds. The summed E-state index contributed by atoms with van der Waals surface area (Å²) in [5.74, 6) is 0. The molecule has 0 aliphatic carbocycles. The first-order valence-electron chi connectivity index (χ1n) is 4.01. The van der Waals surface area contributed by atoms with Crippen molar-refractivity contribution in [2.24, 2.45) is 0 Å². The highest BCUT2D eigenvalue weighted by Crippen LogP contribution is 2.27. The number of rotatable bonds is 0. The molecule has 1 aromatic carbocycles. The number of thiol groups is 1. The predicted octanol–water partition coefficient (Wildman–Crippen LogP) is 3.27. The van der Waals surface area contributed by atoms with Crippen molar-refractivity contribution < 1.29 is 0 Å². The van der Waals surface area contributed by atoms with E-state index < -0.39 is 0 Å². The van der Waals surface area contributed by atoms with Crippen molar-refractivity contribution in [3.8, 4) is 0 Å². The summed E-state index contributed by atoms with van der Waals surface area (Å²) in [5.41, 5.74) is 5.60. The van der Waals surface area contributed by atoms with Gasteiger partial charge in [-0.15, -0.1) is 12.6 Å². The lowest BCUT2D eigenvalue weighted by molar-refractivity contribution is 1.12. The van der Waals surface area contributed by atoms with E-state index in [0.717, 1.165) is 21.6 Å². The van der Waals surface area contributed by atoms with E-state index in [4.69, 9.17) is 6.92 Å². The Balaban J connectivity index is 3.60. The summed E-state index contributed by atoms with van der Waals surface area (Å²) in [6.45, 7) is 14.1. The Morgan fingerprint density at radius 2 is 1.17 bits per heavy atom. The molecule has 0 atom stereocenters. The molecule has 0 fully saturated rings. The molecule has 0 N–H and O–H groups in total. The Kier molecular flexibility index (Phi) is 2.52. The fourth-order valence-corrected chi connectivity index (χ4v) is 1.66. The lowest BCUT2D eigenvalue weighted by atomic mass is 9.95. The largest absolute Gasteiger partial charge is 0.143 e. The van der Waals surface area contributed by atoms with E-state index in [9.17, 15) is 0 Å². The Labute approximate surface area is 80.4 Å². The lowest BCUT2D eigenvalue weighted by Gasteiger charge is -2.14. The van der Waals surface area contributed by atoms with Crippen LogP contribution in [0.1, 0.15) is 27.8 Å². The maximum absolute atomic E-state index is 5.92. The van der Waals surface area contributed by atoms with Gasteiger partial charge in [-0.05, 0) is 62.4 Å². The summed E-state index contributed by atoms with van der Waals surface area (Å²) in [5, 5.41) is 0. The fraction of sp³-hybridized carbons (Fsp3) is 0.364. The van der Waals surface area contributed by atoms with Crippen LogP contribution in [-0.2, 0) is 0 Å². The van der Waals surface area contributed by atoms with E-state index in [1.807, 2.05) is 13.8 Å². The molecule has 0 heterocycles. The molecule has 1 rings (SSSR count). The summed E-state index contributed by atoms with van der Waals surface area (Å²) >= 11 is 4.44. The minimum atomic E-state index is 0.905. The topological polar surface area (TPSA) is 0 Å². The first-order valence-corrected chi connectivity index (χ1v) is 4.46. The van der Waals surface area contributed by atoms with Gasteiger partial charge in [0, 0.05) is 4.90 Å². The highest BCUT2D eigenvalue weighted by molar-refractivity contribution is 7.80. The molecule has 0 aliphatic rings. The molecule has 0 saturated heterocycles. The normalized spacial score (nSPS) is 10.5. The van der Waals surface area contributed by atoms with Crippen LogP contribution in [0.4, 0.5) is 0 Å². The van der Waals surface area contributed by atoms with Crippen LogP contribution in [0.3, 0.4) is 0 Å². The first-order chi connectivity index (χ1) is 5.46. The van der Waals surface area contributed by atoms with Crippen molar-refractivity contribution in [2.45, 2.75) is 32.6 Å². The third-order valence-electron chi connectivity index (χ3n) is 2.64. The maximum atomic E-state index is 5.92. The van der Waals surface area contributed by atoms with E-state index >= 15 is 0 Å². The molecule has 2 radical (unpaired) electrons. The van der Waals surface area contributed by atoms with Crippen LogP contribution in [0.25, 0.3) is 0 Å². The average molecular weight is 178 g/mol. The summed E-state index contributed by atoms with van der Waals surface area (Å²) in [6, 6.07) is 0. The van der Waals surface area contributed by atoms with Gasteiger partial charge in [-0.2, -0.15) is 0 Å². The second-order valence-corrected chi connectivity index (χ2v) is 3.71. The first kappa shape index (κ1) is 9.66. The van der Waals surface area contributed by atoms with Crippen LogP contribution < -0.4 is 0 Å². The Morgan fingerprint density at radius 3 is 1.50 bits per heavy atom. The zero-order valence-corrected chi connectivity index (χ0v) is 8.92. The van der Waals surface area contributed by atoms with Crippen molar-refractivity contribution in [3.63, 3.8) is 0 Å². The SMILES string of the molecule is [CH]c1c(C)c(C)c(S)c(C)c1C. The van der Waals surface area contributed by atoms with Crippen molar-refractivity contribution >= 4 is 12.6 Å². The van der Waals surface area contributed by atoms with Crippen molar-refractivity contribution in [2.75, 3.05) is 0 Å². The number of benzene rings is 1. The minimum Gasteiger partial charge on any atom is -0.143 e. The number of hydrogen-bond acceptors (Lipinski definition) is 1. The minimum absolute atomic E-state index is 0.905. The summed E-state index contributed by atoms with van der Waals surface area (Å²) in [7, 11) is 0. The second-order valence-electron chi connectivity index (χ2n) is 3.26. The molecule has 0 aromatic heterocycles. The lowest BCUT2D eigenvalue weighted by Crippen LogP contribution is -1.96. The smallest absolute Gasteiger partial charge is 0.0104 e. The van der Waals surface area contributed by atoms with E-state index in [2.05, 4.69) is 26.5 Å². The average Bonchev–Trinajstić information content (AvgIpc) is 2.08. The van der Waals surface area contributed by atoms with Crippen LogP contribution in [-0.4, -0.2) is 0 Å². The molecule has 0 spiro atoms. The van der Waals surface area contributed by atoms with Crippen LogP contribution in [0, 0.1) is 34.6 Å². The van der Waals surface area contributed by atoms with E-state index in [0.29, 0.717) is 0 Å². The summed E-state index contributed by atoms with van der Waals surface area (Å²) < 4.78 is 0. The third kappa shape index (κ3) is 1.27. The summed E-state index contributed by atoms with van der Waals surface area (Å²) in [4.78, 5) is 1.07. The Bertz CT molecular complexity index is 219. The zero-order valence-electron chi connectivity index (χ0n) is 8.02. The quantitative estimate of drug-likeness (QED) is 0.579. The second kappa shape index (κ2) is 3.14. The van der Waals surface area contributed by atoms with Gasteiger partial charge in [0.2, 0.25) is 0 Å². The Hall–Kier alpha value is -0.430. The van der Waals surface area contributed by atoms with E-state index in [-0.39, 0.29) is 0 Å². The van der Waals surface area contributed by atoms with E-state index in [1.165, 1.54) is 11.1 Å². The van der Waals surface area contributed by atoms with Gasteiger partial charge < -0.3 is 0 Å². The van der Waals surface area contributed by atoms with Gasteiger partial charge in [0.05, 0.1) is 0 Å². The van der Waals surface area contributed by atoms with Crippen LogP contribution in [0.5, 0.6) is 0 Å². The predicted molar refractivity (Wildman–Crippen MR) is 56.0 cm³/mol. The van der Waals surface area contributed by atoms with Gasteiger partial charge in [-0.1, -0.05) is 0 Å². The van der Waals surface area contributed by atoms with Crippen molar-refractivity contribution in [1.82, 2.24) is 0 Å². The highest BCUT2D eigenvalue weighted by Gasteiger charge is 2.08. The standard InChI is InChI=1S/C11H14S/c1-6-7(2)9(4)11(12)10(5)8(6)3/h1,12H,2-5H3. The molecule has 64 valence electrons. The maximum Gasteiger partial charge on any atom is 0.0104 e. The van der Waals surface area contributed by atoms with Crippen molar-refractivity contribution in [3.05, 3.63) is 34.7 Å². The molecule has 0 saturated carbocycles. The molecular weight excluding hydrogens is 164 g/mol. The number of hydrogen-bond donors (Lipinski definition) is 1. The van der Waals surface area contributed by atoms with Gasteiger partial charge in [-0.25, -0.2) is 0 Å². The van der Waals surface area contributed by atoms with Gasteiger partial charge >= 0.3 is 0 Å². The molecule has 0 aliphatic heterocycles. The molecule has 1 heteroatoms. The van der Waals surface area contributed by atoms with Gasteiger partial charge in [0.1, 0.15) is 0 Å². The Morgan fingerprint density at radius 1 is 0.833 bits per heavy atom.